The van der Waals surface area contributed by atoms with E-state index in [4.69, 9.17) is 5.73 Å². The number of aryl methyl sites for hydroxylation is 1. The van der Waals surface area contributed by atoms with Gasteiger partial charge < -0.3 is 15.8 Å². The Bertz CT molecular complexity index is 571. The molecule has 1 aromatic heterocycles. The summed E-state index contributed by atoms with van der Waals surface area (Å²) in [5, 5.41) is 10.7. The quantitative estimate of drug-likeness (QED) is 0.683. The average Bonchev–Trinajstić information content (AvgIpc) is 2.56. The van der Waals surface area contributed by atoms with Crippen LogP contribution in [0.15, 0.2) is 12.3 Å². The van der Waals surface area contributed by atoms with E-state index in [0.717, 1.165) is 23.0 Å². The van der Waals surface area contributed by atoms with Crippen molar-refractivity contribution in [1.82, 2.24) is 4.98 Å². The van der Waals surface area contributed by atoms with Gasteiger partial charge in [0, 0.05) is 22.7 Å². The highest BCUT2D eigenvalue weighted by Gasteiger charge is 2.16. The minimum absolute atomic E-state index is 0.0699. The summed E-state index contributed by atoms with van der Waals surface area (Å²) in [5.41, 5.74) is 7.50. The molecule has 2 rings (SSSR count). The van der Waals surface area contributed by atoms with Crippen molar-refractivity contribution in [3.63, 3.8) is 0 Å². The number of nitrogens with two attached hydrogens (primary N) is 1. The smallest absolute Gasteiger partial charge is 0.110 e. The molecule has 4 heteroatoms. The first-order chi connectivity index (χ1) is 8.00. The van der Waals surface area contributed by atoms with Crippen molar-refractivity contribution in [3.05, 3.63) is 34.2 Å². The van der Waals surface area contributed by atoms with E-state index in [2.05, 4.69) is 11.6 Å². The standard InChI is InChI=1S/C13H17FN2O/c1-7-9(6-11(15)8(2)17)13-10(14)4-3-5-12(13)16-7/h5,11,16-17H,2-4,6,15H2,1H3. The molecule has 1 aromatic rings. The second-order valence-corrected chi connectivity index (χ2v) is 4.47. The number of fused-ring (bicyclic) bond motifs is 1. The number of nitrogens with one attached hydrogen (secondary N) is 1. The first-order valence-electron chi connectivity index (χ1n) is 5.70. The van der Waals surface area contributed by atoms with Crippen molar-refractivity contribution in [2.75, 3.05) is 0 Å². The van der Waals surface area contributed by atoms with E-state index in [-0.39, 0.29) is 11.6 Å². The number of aliphatic hydroxyl groups excluding tert-OH is 1. The lowest BCUT2D eigenvalue weighted by atomic mass is 10.0. The van der Waals surface area contributed by atoms with Gasteiger partial charge in [0.25, 0.3) is 0 Å². The average molecular weight is 236 g/mol. The zero-order chi connectivity index (χ0) is 12.6. The fourth-order valence-corrected chi connectivity index (χ4v) is 2.21. The van der Waals surface area contributed by atoms with Crippen molar-refractivity contribution in [2.45, 2.75) is 32.2 Å². The number of aromatic amines is 1. The lowest BCUT2D eigenvalue weighted by Gasteiger charge is -2.10. The van der Waals surface area contributed by atoms with Crippen LogP contribution in [0.1, 0.15) is 24.1 Å². The van der Waals surface area contributed by atoms with Crippen LogP contribution in [0.25, 0.3) is 11.9 Å². The molecule has 1 aliphatic carbocycles. The SMILES string of the molecule is C=C(O)C(N)Cc1c(C)[nH]c2c1=C(F)CCC=2. The van der Waals surface area contributed by atoms with Crippen molar-refractivity contribution < 1.29 is 9.50 Å². The second-order valence-electron chi connectivity index (χ2n) is 4.47. The molecule has 0 spiro atoms. The number of hydrogen-bond acceptors (Lipinski definition) is 2. The topological polar surface area (TPSA) is 62.0 Å². The van der Waals surface area contributed by atoms with E-state index < -0.39 is 6.04 Å². The predicted octanol–water partition coefficient (Wildman–Crippen LogP) is 0.917. The Hall–Kier alpha value is -1.55. The van der Waals surface area contributed by atoms with Gasteiger partial charge in [0.05, 0.1) is 6.04 Å². The Morgan fingerprint density at radius 2 is 2.41 bits per heavy atom. The predicted molar refractivity (Wildman–Crippen MR) is 66.4 cm³/mol. The van der Waals surface area contributed by atoms with E-state index in [1.807, 2.05) is 13.0 Å². The van der Waals surface area contributed by atoms with Gasteiger partial charge in [0.15, 0.2) is 0 Å². The highest BCUT2D eigenvalue weighted by Crippen LogP contribution is 2.12. The van der Waals surface area contributed by atoms with Gasteiger partial charge in [-0.25, -0.2) is 4.39 Å². The van der Waals surface area contributed by atoms with Gasteiger partial charge in [-0.3, -0.25) is 0 Å². The van der Waals surface area contributed by atoms with Gasteiger partial charge in [-0.1, -0.05) is 12.7 Å². The first-order valence-corrected chi connectivity index (χ1v) is 5.70. The number of hydrogen-bond donors (Lipinski definition) is 3. The summed E-state index contributed by atoms with van der Waals surface area (Å²) in [6, 6.07) is -0.552. The molecule has 0 radical (unpaired) electrons. The summed E-state index contributed by atoms with van der Waals surface area (Å²) >= 11 is 0. The fourth-order valence-electron chi connectivity index (χ4n) is 2.21. The van der Waals surface area contributed by atoms with E-state index in [9.17, 15) is 9.50 Å². The van der Waals surface area contributed by atoms with Gasteiger partial charge in [0.1, 0.15) is 11.6 Å². The van der Waals surface area contributed by atoms with Crippen molar-refractivity contribution in [1.29, 1.82) is 0 Å². The Morgan fingerprint density at radius 1 is 1.71 bits per heavy atom. The van der Waals surface area contributed by atoms with Gasteiger partial charge in [-0.2, -0.15) is 0 Å². The molecule has 1 aliphatic rings. The van der Waals surface area contributed by atoms with Crippen LogP contribution < -0.4 is 16.3 Å². The molecule has 3 nitrogen and oxygen atoms in total. The Kier molecular flexibility index (Phi) is 3.07. The second kappa shape index (κ2) is 4.37. The highest BCUT2D eigenvalue weighted by atomic mass is 19.1. The van der Waals surface area contributed by atoms with Crippen LogP contribution in [0.2, 0.25) is 0 Å². The molecule has 0 aromatic carbocycles. The van der Waals surface area contributed by atoms with Crippen molar-refractivity contribution >= 4 is 11.9 Å². The third kappa shape index (κ3) is 2.13. The lowest BCUT2D eigenvalue weighted by Crippen LogP contribution is -2.33. The molecule has 92 valence electrons. The molecule has 0 fully saturated rings. The highest BCUT2D eigenvalue weighted by molar-refractivity contribution is 5.48. The molecule has 17 heavy (non-hydrogen) atoms. The minimum atomic E-state index is -0.552. The monoisotopic (exact) mass is 236 g/mol. The molecule has 1 heterocycles. The fraction of sp³-hybridized carbons (Fsp3) is 0.385. The van der Waals surface area contributed by atoms with Crippen LogP contribution in [0.5, 0.6) is 0 Å². The molecule has 1 atom stereocenters. The largest absolute Gasteiger partial charge is 0.511 e. The van der Waals surface area contributed by atoms with Gasteiger partial charge in [-0.05, 0) is 25.3 Å². The Morgan fingerprint density at radius 3 is 3.06 bits per heavy atom. The molecular formula is C13H17FN2O. The van der Waals surface area contributed by atoms with Gasteiger partial charge in [-0.15, -0.1) is 0 Å². The maximum absolute atomic E-state index is 13.9. The molecule has 0 bridgehead atoms. The summed E-state index contributed by atoms with van der Waals surface area (Å²) in [7, 11) is 0. The van der Waals surface area contributed by atoms with Crippen LogP contribution in [-0.4, -0.2) is 16.1 Å². The Labute approximate surface area is 99.2 Å². The maximum Gasteiger partial charge on any atom is 0.110 e. The normalized spacial score (nSPS) is 16.3. The molecular weight excluding hydrogens is 219 g/mol. The first kappa shape index (κ1) is 11.9. The molecule has 1 unspecified atom stereocenters. The number of rotatable bonds is 3. The summed E-state index contributed by atoms with van der Waals surface area (Å²) in [5.74, 6) is -0.169. The zero-order valence-corrected chi connectivity index (χ0v) is 9.89. The van der Waals surface area contributed by atoms with Crippen LogP contribution >= 0.6 is 0 Å². The summed E-state index contributed by atoms with van der Waals surface area (Å²) in [4.78, 5) is 3.16. The van der Waals surface area contributed by atoms with Crippen LogP contribution in [0.3, 0.4) is 0 Å². The molecule has 0 saturated heterocycles. The number of aliphatic hydroxyl groups is 1. The van der Waals surface area contributed by atoms with Crippen molar-refractivity contribution in [3.8, 4) is 0 Å². The number of H-pyrrole nitrogens is 1. The van der Waals surface area contributed by atoms with Crippen LogP contribution in [-0.2, 0) is 6.42 Å². The summed E-state index contributed by atoms with van der Waals surface area (Å²) in [6.45, 7) is 5.30. The molecule has 0 saturated carbocycles. The molecule has 4 N–H and O–H groups in total. The van der Waals surface area contributed by atoms with E-state index >= 15 is 0 Å². The molecule has 0 amide bonds. The Balaban J connectivity index is 2.53. The third-order valence-corrected chi connectivity index (χ3v) is 3.18. The van der Waals surface area contributed by atoms with Gasteiger partial charge >= 0.3 is 0 Å². The van der Waals surface area contributed by atoms with E-state index in [0.29, 0.717) is 18.1 Å². The number of aromatic nitrogens is 1. The summed E-state index contributed by atoms with van der Waals surface area (Å²) in [6.07, 6.45) is 3.55. The summed E-state index contributed by atoms with van der Waals surface area (Å²) < 4.78 is 13.9. The lowest BCUT2D eigenvalue weighted by molar-refractivity contribution is 0.368. The molecule has 0 aliphatic heterocycles. The zero-order valence-electron chi connectivity index (χ0n) is 9.89. The maximum atomic E-state index is 13.9. The number of halogens is 1. The van der Waals surface area contributed by atoms with Crippen LogP contribution in [0.4, 0.5) is 4.39 Å². The van der Waals surface area contributed by atoms with E-state index in [1.165, 1.54) is 0 Å². The van der Waals surface area contributed by atoms with Gasteiger partial charge in [0.2, 0.25) is 0 Å². The minimum Gasteiger partial charge on any atom is -0.511 e. The third-order valence-electron chi connectivity index (χ3n) is 3.18. The van der Waals surface area contributed by atoms with Crippen molar-refractivity contribution in [2.24, 2.45) is 5.73 Å². The van der Waals surface area contributed by atoms with Crippen LogP contribution in [0, 0.1) is 6.92 Å². The van der Waals surface area contributed by atoms with E-state index in [1.54, 1.807) is 0 Å².